The maximum atomic E-state index is 13.3. The van der Waals surface area contributed by atoms with Gasteiger partial charge in [-0.3, -0.25) is 19.1 Å². The number of aromatic nitrogens is 2. The normalized spacial score (nSPS) is 18.4. The van der Waals surface area contributed by atoms with Gasteiger partial charge in [0.25, 0.3) is 5.56 Å². The van der Waals surface area contributed by atoms with Crippen LogP contribution >= 0.6 is 0 Å². The molecule has 1 aromatic heterocycles. The van der Waals surface area contributed by atoms with Crippen molar-refractivity contribution in [3.05, 3.63) is 40.7 Å². The van der Waals surface area contributed by atoms with Crippen molar-refractivity contribution in [2.24, 2.45) is 0 Å². The van der Waals surface area contributed by atoms with Gasteiger partial charge in [-0.15, -0.1) is 0 Å². The van der Waals surface area contributed by atoms with Gasteiger partial charge in [-0.05, 0) is 44.5 Å². The highest BCUT2D eigenvalue weighted by Gasteiger charge is 2.17. The van der Waals surface area contributed by atoms with Crippen molar-refractivity contribution < 1.29 is 9.18 Å². The smallest absolute Gasteiger partial charge is 0.261 e. The summed E-state index contributed by atoms with van der Waals surface area (Å²) in [6.45, 7) is 4.52. The van der Waals surface area contributed by atoms with E-state index in [2.05, 4.69) is 22.1 Å². The van der Waals surface area contributed by atoms with Crippen molar-refractivity contribution >= 4 is 16.8 Å². The number of hydrogen-bond donors (Lipinski definition) is 1. The van der Waals surface area contributed by atoms with Crippen molar-refractivity contribution in [2.45, 2.75) is 38.8 Å². The molecule has 25 heavy (non-hydrogen) atoms. The summed E-state index contributed by atoms with van der Waals surface area (Å²) in [5.41, 5.74) is 0.00597. The van der Waals surface area contributed by atoms with Crippen LogP contribution in [0.4, 0.5) is 4.39 Å². The Morgan fingerprint density at radius 3 is 3.04 bits per heavy atom. The summed E-state index contributed by atoms with van der Waals surface area (Å²) in [7, 11) is 0. The van der Waals surface area contributed by atoms with Crippen LogP contribution in [0.25, 0.3) is 10.9 Å². The molecule has 1 atom stereocenters. The minimum atomic E-state index is -0.496. The number of nitrogens with zero attached hydrogens (tertiary/aromatic N) is 3. The van der Waals surface area contributed by atoms with Crippen LogP contribution in [0.2, 0.25) is 0 Å². The number of halogens is 1. The average molecular weight is 346 g/mol. The van der Waals surface area contributed by atoms with Crippen molar-refractivity contribution in [2.75, 3.05) is 19.6 Å². The minimum absolute atomic E-state index is 0.117. The first-order valence-electron chi connectivity index (χ1n) is 8.70. The molecule has 1 aromatic carbocycles. The third-order valence-electron chi connectivity index (χ3n) is 4.76. The molecule has 0 saturated carbocycles. The van der Waals surface area contributed by atoms with Gasteiger partial charge in [-0.2, -0.15) is 0 Å². The minimum Gasteiger partial charge on any atom is -0.353 e. The van der Waals surface area contributed by atoms with E-state index in [9.17, 15) is 14.0 Å². The van der Waals surface area contributed by atoms with Gasteiger partial charge < -0.3 is 5.32 Å². The van der Waals surface area contributed by atoms with Crippen LogP contribution in [0, 0.1) is 5.82 Å². The number of fused-ring (bicyclic) bond motifs is 1. The Morgan fingerprint density at radius 1 is 1.40 bits per heavy atom. The molecule has 6 nitrogen and oxygen atoms in total. The standard InChI is InChI=1S/C18H23FN4O2/c1-13-4-2-3-8-22(13)9-7-20-17(24)11-23-12-21-16-6-5-14(19)10-15(16)18(23)25/h5-6,10,12-13H,2-4,7-9,11H2,1H3,(H,20,24)/t13-/m0/s1. The van der Waals surface area contributed by atoms with E-state index >= 15 is 0 Å². The lowest BCUT2D eigenvalue weighted by Gasteiger charge is -2.33. The quantitative estimate of drug-likeness (QED) is 0.891. The summed E-state index contributed by atoms with van der Waals surface area (Å²) in [6, 6.07) is 4.41. The number of likely N-dealkylation sites (tertiary alicyclic amines) is 1. The second kappa shape index (κ2) is 7.74. The van der Waals surface area contributed by atoms with Gasteiger partial charge in [0.1, 0.15) is 12.4 Å². The van der Waals surface area contributed by atoms with E-state index < -0.39 is 11.4 Å². The molecule has 7 heteroatoms. The fraction of sp³-hybridized carbons (Fsp3) is 0.500. The van der Waals surface area contributed by atoms with Crippen LogP contribution in [0.1, 0.15) is 26.2 Å². The summed E-state index contributed by atoms with van der Waals surface area (Å²) >= 11 is 0. The predicted molar refractivity (Wildman–Crippen MR) is 93.9 cm³/mol. The van der Waals surface area contributed by atoms with Crippen LogP contribution < -0.4 is 10.9 Å². The van der Waals surface area contributed by atoms with Crippen molar-refractivity contribution in [1.29, 1.82) is 0 Å². The molecule has 2 heterocycles. The molecule has 0 unspecified atom stereocenters. The third kappa shape index (κ3) is 4.22. The Kier molecular flexibility index (Phi) is 5.43. The van der Waals surface area contributed by atoms with Gasteiger partial charge in [-0.1, -0.05) is 6.42 Å². The van der Waals surface area contributed by atoms with Gasteiger partial charge >= 0.3 is 0 Å². The molecular weight excluding hydrogens is 323 g/mol. The van der Waals surface area contributed by atoms with Gasteiger partial charge in [0.15, 0.2) is 0 Å². The molecule has 1 saturated heterocycles. The third-order valence-corrected chi connectivity index (χ3v) is 4.76. The van der Waals surface area contributed by atoms with Gasteiger partial charge in [0.2, 0.25) is 5.91 Å². The molecule has 0 aliphatic carbocycles. The highest BCUT2D eigenvalue weighted by Crippen LogP contribution is 2.15. The lowest BCUT2D eigenvalue weighted by atomic mass is 10.0. The fourth-order valence-electron chi connectivity index (χ4n) is 3.28. The first kappa shape index (κ1) is 17.5. The fourth-order valence-corrected chi connectivity index (χ4v) is 3.28. The summed E-state index contributed by atoms with van der Waals surface area (Å²) in [6.07, 6.45) is 4.99. The largest absolute Gasteiger partial charge is 0.353 e. The number of carbonyl (C=O) groups excluding carboxylic acids is 1. The van der Waals surface area contributed by atoms with Crippen LogP contribution in [0.15, 0.2) is 29.3 Å². The maximum Gasteiger partial charge on any atom is 0.261 e. The van der Waals surface area contributed by atoms with Crippen LogP contribution in [-0.4, -0.2) is 46.0 Å². The summed E-state index contributed by atoms with van der Waals surface area (Å²) in [4.78, 5) is 30.9. The predicted octanol–water partition coefficient (Wildman–Crippen LogP) is 1.53. The SMILES string of the molecule is C[C@H]1CCCCN1CCNC(=O)Cn1cnc2ccc(F)cc2c1=O. The molecule has 2 aromatic rings. The van der Waals surface area contributed by atoms with Crippen LogP contribution in [-0.2, 0) is 11.3 Å². The Balaban J connectivity index is 1.58. The molecule has 1 N–H and O–H groups in total. The zero-order chi connectivity index (χ0) is 17.8. The summed E-state index contributed by atoms with van der Waals surface area (Å²) in [5, 5.41) is 3.02. The number of benzene rings is 1. The number of rotatable bonds is 5. The Labute approximate surface area is 145 Å². The van der Waals surface area contributed by atoms with Gasteiger partial charge in [0, 0.05) is 19.1 Å². The monoisotopic (exact) mass is 346 g/mol. The molecule has 0 bridgehead atoms. The van der Waals surface area contributed by atoms with Crippen molar-refractivity contribution in [3.8, 4) is 0 Å². The van der Waals surface area contributed by atoms with E-state index in [-0.39, 0.29) is 17.8 Å². The molecule has 1 aliphatic heterocycles. The number of hydrogen-bond acceptors (Lipinski definition) is 4. The topological polar surface area (TPSA) is 67.2 Å². The molecular formula is C18H23FN4O2. The number of piperidine rings is 1. The van der Waals surface area contributed by atoms with E-state index in [1.54, 1.807) is 0 Å². The Hall–Kier alpha value is -2.28. The molecule has 1 fully saturated rings. The van der Waals surface area contributed by atoms with Gasteiger partial charge in [-0.25, -0.2) is 9.37 Å². The number of carbonyl (C=O) groups is 1. The Bertz CT molecular complexity index is 820. The van der Waals surface area contributed by atoms with E-state index in [1.165, 1.54) is 42.3 Å². The summed E-state index contributed by atoms with van der Waals surface area (Å²) in [5.74, 6) is -0.742. The van der Waals surface area contributed by atoms with Crippen molar-refractivity contribution in [1.82, 2.24) is 19.8 Å². The second-order valence-corrected chi connectivity index (χ2v) is 6.57. The number of amides is 1. The average Bonchev–Trinajstić information content (AvgIpc) is 2.59. The molecule has 1 amide bonds. The zero-order valence-corrected chi connectivity index (χ0v) is 14.4. The van der Waals surface area contributed by atoms with Crippen molar-refractivity contribution in [3.63, 3.8) is 0 Å². The van der Waals surface area contributed by atoms with E-state index in [4.69, 9.17) is 0 Å². The lowest BCUT2D eigenvalue weighted by molar-refractivity contribution is -0.121. The van der Waals surface area contributed by atoms with E-state index in [0.29, 0.717) is 18.1 Å². The van der Waals surface area contributed by atoms with Crippen LogP contribution in [0.5, 0.6) is 0 Å². The molecule has 1 aliphatic rings. The molecule has 134 valence electrons. The maximum absolute atomic E-state index is 13.3. The number of nitrogens with one attached hydrogen (secondary N) is 1. The lowest BCUT2D eigenvalue weighted by Crippen LogP contribution is -2.43. The molecule has 3 rings (SSSR count). The molecule has 0 radical (unpaired) electrons. The van der Waals surface area contributed by atoms with Crippen LogP contribution in [0.3, 0.4) is 0 Å². The Morgan fingerprint density at radius 2 is 2.24 bits per heavy atom. The molecule has 0 spiro atoms. The van der Waals surface area contributed by atoms with E-state index in [1.807, 2.05) is 0 Å². The van der Waals surface area contributed by atoms with E-state index in [0.717, 1.165) is 19.2 Å². The highest BCUT2D eigenvalue weighted by molar-refractivity contribution is 5.78. The summed E-state index contributed by atoms with van der Waals surface area (Å²) < 4.78 is 14.5. The second-order valence-electron chi connectivity index (χ2n) is 6.57. The highest BCUT2D eigenvalue weighted by atomic mass is 19.1. The zero-order valence-electron chi connectivity index (χ0n) is 14.4. The first-order valence-corrected chi connectivity index (χ1v) is 8.70. The first-order chi connectivity index (χ1) is 12.0. The van der Waals surface area contributed by atoms with Gasteiger partial charge in [0.05, 0.1) is 17.2 Å².